The van der Waals surface area contributed by atoms with Crippen molar-refractivity contribution in [3.63, 3.8) is 0 Å². The SMILES string of the molecule is CCCCNC(=O)[C@H](Cc1ccccc1)N(Cc1ccc(Cl)c(Cl)c1)C(=O)CN(c1ccccc1Br)S(C)(=O)=O. The first-order valence-corrected chi connectivity index (χ1v) is 16.2. The van der Waals surface area contributed by atoms with Gasteiger partial charge in [0.1, 0.15) is 12.6 Å². The van der Waals surface area contributed by atoms with Gasteiger partial charge in [0.15, 0.2) is 0 Å². The van der Waals surface area contributed by atoms with Crippen LogP contribution in [0.2, 0.25) is 10.0 Å². The Morgan fingerprint density at radius 3 is 2.25 bits per heavy atom. The van der Waals surface area contributed by atoms with E-state index in [9.17, 15) is 18.0 Å². The van der Waals surface area contributed by atoms with Gasteiger partial charge in [0.05, 0.1) is 22.0 Å². The van der Waals surface area contributed by atoms with Gasteiger partial charge < -0.3 is 10.2 Å². The van der Waals surface area contributed by atoms with Gasteiger partial charge in [0.2, 0.25) is 21.8 Å². The Balaban J connectivity index is 2.06. The number of amides is 2. The highest BCUT2D eigenvalue weighted by molar-refractivity contribution is 9.10. The van der Waals surface area contributed by atoms with Crippen LogP contribution in [0.1, 0.15) is 30.9 Å². The first-order chi connectivity index (χ1) is 19.0. The summed E-state index contributed by atoms with van der Waals surface area (Å²) in [4.78, 5) is 29.1. The lowest BCUT2D eigenvalue weighted by atomic mass is 10.0. The van der Waals surface area contributed by atoms with Gasteiger partial charge in [-0.1, -0.05) is 85.1 Å². The molecule has 0 aromatic heterocycles. The summed E-state index contributed by atoms with van der Waals surface area (Å²) in [5.41, 5.74) is 1.82. The largest absolute Gasteiger partial charge is 0.354 e. The number of hydrogen-bond acceptors (Lipinski definition) is 4. The normalized spacial score (nSPS) is 12.0. The third kappa shape index (κ3) is 8.96. The molecule has 0 saturated carbocycles. The van der Waals surface area contributed by atoms with E-state index < -0.39 is 28.5 Å². The van der Waals surface area contributed by atoms with Crippen molar-refractivity contribution < 1.29 is 18.0 Å². The summed E-state index contributed by atoms with van der Waals surface area (Å²) in [5.74, 6) is -0.865. The molecule has 11 heteroatoms. The molecule has 0 bridgehead atoms. The number of para-hydroxylation sites is 1. The van der Waals surface area contributed by atoms with Crippen molar-refractivity contribution in [1.29, 1.82) is 0 Å². The van der Waals surface area contributed by atoms with Crippen molar-refractivity contribution in [2.45, 2.75) is 38.8 Å². The molecule has 40 heavy (non-hydrogen) atoms. The topological polar surface area (TPSA) is 86.8 Å². The van der Waals surface area contributed by atoms with Crippen LogP contribution in [0.4, 0.5) is 5.69 Å². The third-order valence-electron chi connectivity index (χ3n) is 6.24. The summed E-state index contributed by atoms with van der Waals surface area (Å²) in [6, 6.07) is 20.2. The van der Waals surface area contributed by atoms with Crippen LogP contribution in [-0.2, 0) is 32.6 Å². The molecular weight excluding hydrogens is 637 g/mol. The molecule has 0 saturated heterocycles. The second-order valence-electron chi connectivity index (χ2n) is 9.34. The van der Waals surface area contributed by atoms with Crippen LogP contribution >= 0.6 is 39.1 Å². The van der Waals surface area contributed by atoms with Crippen LogP contribution in [0.3, 0.4) is 0 Å². The van der Waals surface area contributed by atoms with E-state index in [1.54, 1.807) is 42.5 Å². The van der Waals surface area contributed by atoms with Crippen LogP contribution in [0.25, 0.3) is 0 Å². The molecule has 0 aliphatic carbocycles. The molecule has 214 valence electrons. The van der Waals surface area contributed by atoms with Crippen molar-refractivity contribution in [2.24, 2.45) is 0 Å². The van der Waals surface area contributed by atoms with Gasteiger partial charge >= 0.3 is 0 Å². The molecule has 0 unspecified atom stereocenters. The molecule has 1 N–H and O–H groups in total. The monoisotopic (exact) mass is 667 g/mol. The predicted octanol–water partition coefficient (Wildman–Crippen LogP) is 6.08. The van der Waals surface area contributed by atoms with Crippen LogP contribution in [-0.4, -0.2) is 50.5 Å². The third-order valence-corrected chi connectivity index (χ3v) is 8.77. The Morgan fingerprint density at radius 1 is 0.950 bits per heavy atom. The van der Waals surface area contributed by atoms with Crippen molar-refractivity contribution in [3.8, 4) is 0 Å². The number of carbonyl (C=O) groups excluding carboxylic acids is 2. The lowest BCUT2D eigenvalue weighted by molar-refractivity contribution is -0.140. The Labute approximate surface area is 254 Å². The van der Waals surface area contributed by atoms with Gasteiger partial charge in [-0.2, -0.15) is 0 Å². The van der Waals surface area contributed by atoms with Crippen LogP contribution < -0.4 is 9.62 Å². The standard InChI is InChI=1S/C29H32BrCl2N3O4S/c1-3-4-16-33-29(37)27(18-21-10-6-5-7-11-21)34(19-22-14-15-24(31)25(32)17-22)28(36)20-35(40(2,38)39)26-13-9-8-12-23(26)30/h5-15,17,27H,3-4,16,18-20H2,1-2H3,(H,33,37)/t27-/m0/s1. The summed E-state index contributed by atoms with van der Waals surface area (Å²) in [6.07, 6.45) is 2.96. The van der Waals surface area contributed by atoms with Gasteiger partial charge in [-0.05, 0) is 57.7 Å². The Bertz CT molecular complexity index is 1420. The average Bonchev–Trinajstić information content (AvgIpc) is 2.91. The number of hydrogen-bond donors (Lipinski definition) is 1. The molecule has 1 atom stereocenters. The average molecular weight is 669 g/mol. The number of unbranched alkanes of at least 4 members (excludes halogenated alkanes) is 1. The second kappa shape index (κ2) is 14.9. The highest BCUT2D eigenvalue weighted by Crippen LogP contribution is 2.29. The number of carbonyl (C=O) groups is 2. The number of rotatable bonds is 13. The van der Waals surface area contributed by atoms with Crippen molar-refractivity contribution >= 4 is 66.7 Å². The van der Waals surface area contributed by atoms with Gasteiger partial charge in [0, 0.05) is 24.0 Å². The summed E-state index contributed by atoms with van der Waals surface area (Å²) in [6.45, 7) is 2.00. The fraction of sp³-hybridized carbons (Fsp3) is 0.310. The smallest absolute Gasteiger partial charge is 0.244 e. The Morgan fingerprint density at radius 2 is 1.62 bits per heavy atom. The maximum absolute atomic E-state index is 14.1. The van der Waals surface area contributed by atoms with E-state index in [2.05, 4.69) is 21.2 Å². The lowest BCUT2D eigenvalue weighted by Gasteiger charge is -2.33. The fourth-order valence-corrected chi connectivity index (χ4v) is 5.94. The number of nitrogens with zero attached hydrogens (tertiary/aromatic N) is 2. The van der Waals surface area contributed by atoms with Crippen molar-refractivity contribution in [1.82, 2.24) is 10.2 Å². The highest BCUT2D eigenvalue weighted by Gasteiger charge is 2.33. The van der Waals surface area contributed by atoms with E-state index in [-0.39, 0.29) is 18.9 Å². The number of anilines is 1. The number of nitrogens with one attached hydrogen (secondary N) is 1. The lowest BCUT2D eigenvalue weighted by Crippen LogP contribution is -2.53. The summed E-state index contributed by atoms with van der Waals surface area (Å²) in [5, 5.41) is 3.62. The summed E-state index contributed by atoms with van der Waals surface area (Å²) >= 11 is 15.8. The molecule has 0 fully saturated rings. The molecule has 3 aromatic rings. The zero-order chi connectivity index (χ0) is 29.3. The molecule has 0 radical (unpaired) electrons. The maximum Gasteiger partial charge on any atom is 0.244 e. The minimum atomic E-state index is -3.86. The van der Waals surface area contributed by atoms with Gasteiger partial charge in [-0.3, -0.25) is 13.9 Å². The van der Waals surface area contributed by atoms with Gasteiger partial charge in [-0.25, -0.2) is 8.42 Å². The van der Waals surface area contributed by atoms with Gasteiger partial charge in [0.25, 0.3) is 0 Å². The number of halogens is 3. The second-order valence-corrected chi connectivity index (χ2v) is 12.9. The van der Waals surface area contributed by atoms with Crippen LogP contribution in [0.15, 0.2) is 77.3 Å². The van der Waals surface area contributed by atoms with Crippen LogP contribution in [0, 0.1) is 0 Å². The molecule has 0 spiro atoms. The zero-order valence-corrected chi connectivity index (χ0v) is 26.2. The quantitative estimate of drug-likeness (QED) is 0.224. The van der Waals surface area contributed by atoms with Crippen LogP contribution in [0.5, 0.6) is 0 Å². The zero-order valence-electron chi connectivity index (χ0n) is 22.3. The molecular formula is C29H32BrCl2N3O4S. The highest BCUT2D eigenvalue weighted by atomic mass is 79.9. The van der Waals surface area contributed by atoms with E-state index in [0.717, 1.165) is 29.0 Å². The molecule has 3 rings (SSSR count). The molecule has 7 nitrogen and oxygen atoms in total. The number of sulfonamides is 1. The van der Waals surface area contributed by atoms with Crippen molar-refractivity contribution in [2.75, 3.05) is 23.7 Å². The van der Waals surface area contributed by atoms with E-state index >= 15 is 0 Å². The Kier molecular flexibility index (Phi) is 11.9. The van der Waals surface area contributed by atoms with Crippen molar-refractivity contribution in [3.05, 3.63) is 98.4 Å². The first kappa shape index (κ1) is 31.9. The summed E-state index contributed by atoms with van der Waals surface area (Å²) in [7, 11) is -3.86. The van der Waals surface area contributed by atoms with E-state index in [1.165, 1.54) is 4.90 Å². The minimum Gasteiger partial charge on any atom is -0.354 e. The molecule has 0 aliphatic heterocycles. The van der Waals surface area contributed by atoms with Gasteiger partial charge in [-0.15, -0.1) is 0 Å². The predicted molar refractivity (Wildman–Crippen MR) is 165 cm³/mol. The van der Waals surface area contributed by atoms with E-state index in [1.807, 2.05) is 37.3 Å². The number of benzene rings is 3. The first-order valence-electron chi connectivity index (χ1n) is 12.8. The fourth-order valence-electron chi connectivity index (χ4n) is 4.14. The molecule has 2 amide bonds. The molecule has 0 heterocycles. The van der Waals surface area contributed by atoms with E-state index in [0.29, 0.717) is 32.3 Å². The minimum absolute atomic E-state index is 0.0159. The maximum atomic E-state index is 14.1. The molecule has 3 aromatic carbocycles. The molecule has 0 aliphatic rings. The van der Waals surface area contributed by atoms with E-state index in [4.69, 9.17) is 23.2 Å². The summed E-state index contributed by atoms with van der Waals surface area (Å²) < 4.78 is 27.3. The Hall–Kier alpha value is -2.59.